The van der Waals surface area contributed by atoms with Crippen LogP contribution < -0.4 is 10.6 Å². The first kappa shape index (κ1) is 14.6. The van der Waals surface area contributed by atoms with E-state index in [2.05, 4.69) is 30.7 Å². The highest BCUT2D eigenvalue weighted by Gasteiger charge is 2.26. The van der Waals surface area contributed by atoms with Crippen molar-refractivity contribution in [3.8, 4) is 0 Å². The molecule has 6 heteroatoms. The summed E-state index contributed by atoms with van der Waals surface area (Å²) in [4.78, 5) is 24.6. The number of nitrogen functional groups attached to an aromatic ring is 1. The Morgan fingerprint density at radius 3 is 2.40 bits per heavy atom. The molecule has 0 bridgehead atoms. The summed E-state index contributed by atoms with van der Waals surface area (Å²) >= 11 is 0. The quantitative estimate of drug-likeness (QED) is 0.827. The molecule has 0 radical (unpaired) electrons. The van der Waals surface area contributed by atoms with Crippen molar-refractivity contribution in [2.75, 3.05) is 37.3 Å². The van der Waals surface area contributed by atoms with Gasteiger partial charge in [-0.15, -0.1) is 0 Å². The molecule has 1 saturated heterocycles. The molecule has 2 rings (SSSR count). The second-order valence-electron chi connectivity index (χ2n) is 6.37. The van der Waals surface area contributed by atoms with E-state index >= 15 is 0 Å². The van der Waals surface area contributed by atoms with Gasteiger partial charge in [0.2, 0.25) is 5.91 Å². The molecule has 2 heterocycles. The first-order valence-electron chi connectivity index (χ1n) is 6.83. The number of hydrogen-bond donors (Lipinski definition) is 1. The van der Waals surface area contributed by atoms with E-state index < -0.39 is 0 Å². The van der Waals surface area contributed by atoms with Gasteiger partial charge in [0.25, 0.3) is 0 Å². The molecular formula is C14H23N5O. The Morgan fingerprint density at radius 1 is 1.20 bits per heavy atom. The van der Waals surface area contributed by atoms with Crippen LogP contribution in [0.4, 0.5) is 11.6 Å². The summed E-state index contributed by atoms with van der Waals surface area (Å²) in [7, 11) is 1.82. The molecule has 1 aliphatic heterocycles. The number of amides is 1. The van der Waals surface area contributed by atoms with Crippen LogP contribution in [-0.2, 0) is 10.2 Å². The third-order valence-electron chi connectivity index (χ3n) is 3.59. The van der Waals surface area contributed by atoms with Crippen LogP contribution in [0, 0.1) is 6.92 Å². The Bertz CT molecular complexity index is 535. The number of carbonyl (C=O) groups is 1. The van der Waals surface area contributed by atoms with E-state index in [0.29, 0.717) is 24.7 Å². The smallest absolute Gasteiger partial charge is 0.241 e. The molecule has 0 spiro atoms. The van der Waals surface area contributed by atoms with Crippen LogP contribution in [-0.4, -0.2) is 47.5 Å². The van der Waals surface area contributed by atoms with E-state index in [1.807, 2.05) is 18.9 Å². The van der Waals surface area contributed by atoms with Gasteiger partial charge in [0.05, 0.1) is 6.54 Å². The van der Waals surface area contributed by atoms with E-state index in [9.17, 15) is 4.79 Å². The Kier molecular flexibility index (Phi) is 3.58. The van der Waals surface area contributed by atoms with Crippen LogP contribution in [0.2, 0.25) is 0 Å². The summed E-state index contributed by atoms with van der Waals surface area (Å²) in [5.41, 5.74) is 6.68. The van der Waals surface area contributed by atoms with E-state index in [-0.39, 0.29) is 11.3 Å². The third kappa shape index (κ3) is 2.69. The molecule has 1 aromatic heterocycles. The topological polar surface area (TPSA) is 75.3 Å². The second kappa shape index (κ2) is 4.92. The van der Waals surface area contributed by atoms with Crippen LogP contribution in [0.5, 0.6) is 0 Å². The lowest BCUT2D eigenvalue weighted by atomic mass is 9.95. The number of nitrogens with two attached hydrogens (primary N) is 1. The number of carbonyl (C=O) groups excluding carboxylic acids is 1. The van der Waals surface area contributed by atoms with Crippen molar-refractivity contribution in [3.63, 3.8) is 0 Å². The van der Waals surface area contributed by atoms with E-state index in [1.54, 1.807) is 4.90 Å². The van der Waals surface area contributed by atoms with Crippen LogP contribution in [0.15, 0.2) is 0 Å². The average Bonchev–Trinajstić information content (AvgIpc) is 2.34. The fraction of sp³-hybridized carbons (Fsp3) is 0.643. The Labute approximate surface area is 120 Å². The molecular weight excluding hydrogens is 254 g/mol. The van der Waals surface area contributed by atoms with Crippen molar-refractivity contribution in [3.05, 3.63) is 11.4 Å². The van der Waals surface area contributed by atoms with Gasteiger partial charge < -0.3 is 15.5 Å². The van der Waals surface area contributed by atoms with Gasteiger partial charge in [-0.25, -0.2) is 9.97 Å². The lowest BCUT2D eigenvalue weighted by molar-refractivity contribution is -0.129. The van der Waals surface area contributed by atoms with Crippen LogP contribution >= 0.6 is 0 Å². The summed E-state index contributed by atoms with van der Waals surface area (Å²) < 4.78 is 0. The Morgan fingerprint density at radius 2 is 1.85 bits per heavy atom. The van der Waals surface area contributed by atoms with Crippen molar-refractivity contribution in [2.45, 2.75) is 33.1 Å². The van der Waals surface area contributed by atoms with E-state index in [1.165, 1.54) is 0 Å². The van der Waals surface area contributed by atoms with Gasteiger partial charge >= 0.3 is 0 Å². The molecule has 0 aliphatic carbocycles. The molecule has 2 N–H and O–H groups in total. The SMILES string of the molecule is Cc1c(N)nc(C(C)(C)C)nc1N1CCN(C)C(=O)C1. The summed E-state index contributed by atoms with van der Waals surface area (Å²) in [6.45, 7) is 9.87. The van der Waals surface area contributed by atoms with Crippen LogP contribution in [0.25, 0.3) is 0 Å². The maximum Gasteiger partial charge on any atom is 0.241 e. The molecule has 110 valence electrons. The molecule has 1 aliphatic rings. The Hall–Kier alpha value is -1.85. The normalized spacial score (nSPS) is 16.8. The van der Waals surface area contributed by atoms with Gasteiger partial charge in [0.15, 0.2) is 0 Å². The minimum atomic E-state index is -0.173. The van der Waals surface area contributed by atoms with Crippen molar-refractivity contribution >= 4 is 17.5 Å². The van der Waals surface area contributed by atoms with Crippen LogP contribution in [0.3, 0.4) is 0 Å². The molecule has 0 saturated carbocycles. The lowest BCUT2D eigenvalue weighted by Gasteiger charge is -2.34. The minimum Gasteiger partial charge on any atom is -0.383 e. The zero-order valence-electron chi connectivity index (χ0n) is 12.9. The van der Waals surface area contributed by atoms with Crippen molar-refractivity contribution in [1.82, 2.24) is 14.9 Å². The summed E-state index contributed by atoms with van der Waals surface area (Å²) in [6, 6.07) is 0. The molecule has 0 unspecified atom stereocenters. The van der Waals surface area contributed by atoms with Gasteiger partial charge in [-0.2, -0.15) is 0 Å². The highest BCUT2D eigenvalue weighted by Crippen LogP contribution is 2.27. The first-order valence-corrected chi connectivity index (χ1v) is 6.83. The molecule has 0 aromatic carbocycles. The maximum absolute atomic E-state index is 11.9. The molecule has 1 amide bonds. The number of rotatable bonds is 1. The zero-order valence-corrected chi connectivity index (χ0v) is 12.9. The molecule has 1 aromatic rings. The number of anilines is 2. The van der Waals surface area contributed by atoms with E-state index in [4.69, 9.17) is 5.73 Å². The van der Waals surface area contributed by atoms with Gasteiger partial charge in [0, 0.05) is 31.1 Å². The number of hydrogen-bond acceptors (Lipinski definition) is 5. The summed E-state index contributed by atoms with van der Waals surface area (Å²) in [5, 5.41) is 0. The van der Waals surface area contributed by atoms with Gasteiger partial charge in [-0.05, 0) is 6.92 Å². The number of likely N-dealkylation sites (N-methyl/N-ethyl adjacent to an activating group) is 1. The van der Waals surface area contributed by atoms with Crippen LogP contribution in [0.1, 0.15) is 32.2 Å². The largest absolute Gasteiger partial charge is 0.383 e. The first-order chi connectivity index (χ1) is 9.20. The molecule has 1 fully saturated rings. The Balaban J connectivity index is 2.41. The van der Waals surface area contributed by atoms with Gasteiger partial charge in [-0.3, -0.25) is 4.79 Å². The van der Waals surface area contributed by atoms with Crippen molar-refractivity contribution < 1.29 is 4.79 Å². The number of piperazine rings is 1. The number of aromatic nitrogens is 2. The predicted octanol–water partition coefficient (Wildman–Crippen LogP) is 0.943. The number of nitrogens with zero attached hydrogens (tertiary/aromatic N) is 4. The molecule has 20 heavy (non-hydrogen) atoms. The highest BCUT2D eigenvalue weighted by atomic mass is 16.2. The predicted molar refractivity (Wildman–Crippen MR) is 79.7 cm³/mol. The molecule has 0 atom stereocenters. The van der Waals surface area contributed by atoms with Gasteiger partial charge in [0.1, 0.15) is 17.5 Å². The fourth-order valence-corrected chi connectivity index (χ4v) is 2.10. The van der Waals surface area contributed by atoms with Crippen molar-refractivity contribution in [1.29, 1.82) is 0 Å². The monoisotopic (exact) mass is 277 g/mol. The van der Waals surface area contributed by atoms with Gasteiger partial charge in [-0.1, -0.05) is 20.8 Å². The average molecular weight is 277 g/mol. The molecule has 6 nitrogen and oxygen atoms in total. The van der Waals surface area contributed by atoms with E-state index in [0.717, 1.165) is 17.9 Å². The van der Waals surface area contributed by atoms with Crippen molar-refractivity contribution in [2.24, 2.45) is 0 Å². The standard InChI is InChI=1S/C14H23N5O/c1-9-11(15)16-13(14(2,3)4)17-12(9)19-7-6-18(5)10(20)8-19/h6-8H2,1-5H3,(H2,15,16,17). The maximum atomic E-state index is 11.9. The fourth-order valence-electron chi connectivity index (χ4n) is 2.10. The summed E-state index contributed by atoms with van der Waals surface area (Å²) in [5.74, 6) is 2.09. The highest BCUT2D eigenvalue weighted by molar-refractivity contribution is 5.82. The lowest BCUT2D eigenvalue weighted by Crippen LogP contribution is -2.49. The zero-order chi connectivity index (χ0) is 15.1. The third-order valence-corrected chi connectivity index (χ3v) is 3.59. The summed E-state index contributed by atoms with van der Waals surface area (Å²) in [6.07, 6.45) is 0. The minimum absolute atomic E-state index is 0.102. The second-order valence-corrected chi connectivity index (χ2v) is 6.37.